The molecule has 2 aromatic carbocycles. The molecule has 204 valence electrons. The average molecular weight is 554 g/mol. The van der Waals surface area contributed by atoms with E-state index in [4.69, 9.17) is 10.5 Å². The first kappa shape index (κ1) is 27.5. The number of primary amides is 1. The van der Waals surface area contributed by atoms with E-state index in [9.17, 15) is 17.6 Å². The van der Waals surface area contributed by atoms with Crippen molar-refractivity contribution in [1.29, 1.82) is 0 Å². The van der Waals surface area contributed by atoms with Crippen LogP contribution in [0.1, 0.15) is 48.3 Å². The number of anilines is 3. The molecule has 13 heteroatoms. The van der Waals surface area contributed by atoms with Crippen LogP contribution < -0.4 is 20.5 Å². The molecule has 4 aromatic rings. The van der Waals surface area contributed by atoms with E-state index in [1.165, 1.54) is 31.3 Å². The first-order valence-electron chi connectivity index (χ1n) is 12.1. The number of rotatable bonds is 11. The molecule has 0 saturated carbocycles. The zero-order valence-corrected chi connectivity index (χ0v) is 22.3. The fourth-order valence-electron chi connectivity index (χ4n) is 3.56. The van der Waals surface area contributed by atoms with Gasteiger partial charge in [-0.1, -0.05) is 32.0 Å². The number of hydrogen-bond acceptors (Lipinski definition) is 8. The van der Waals surface area contributed by atoms with Crippen molar-refractivity contribution in [1.82, 2.24) is 20.2 Å². The number of aromatic nitrogens is 4. The predicted octanol–water partition coefficient (Wildman–Crippen LogP) is 4.31. The Hall–Kier alpha value is -4.52. The molecule has 5 N–H and O–H groups in total. The first-order valence-corrected chi connectivity index (χ1v) is 13.7. The zero-order valence-electron chi connectivity index (χ0n) is 21.5. The minimum atomic E-state index is -3.62. The Morgan fingerprint density at radius 2 is 1.87 bits per heavy atom. The number of nitrogens with zero attached hydrogens (tertiary/aromatic N) is 3. The summed E-state index contributed by atoms with van der Waals surface area (Å²) < 4.78 is 46.2. The highest BCUT2D eigenvalue weighted by Crippen LogP contribution is 2.35. The predicted molar refractivity (Wildman–Crippen MR) is 146 cm³/mol. The molecule has 2 heterocycles. The molecule has 0 fully saturated rings. The number of aromatic amines is 1. The Morgan fingerprint density at radius 3 is 2.49 bits per heavy atom. The fraction of sp³-hybridized carbons (Fsp3) is 0.231. The average Bonchev–Trinajstić information content (AvgIpc) is 3.33. The van der Waals surface area contributed by atoms with Crippen LogP contribution in [0.2, 0.25) is 0 Å². The van der Waals surface area contributed by atoms with Crippen molar-refractivity contribution in [2.75, 3.05) is 15.8 Å². The third-order valence-corrected chi connectivity index (χ3v) is 7.03. The maximum atomic E-state index is 13.3. The standard InChI is InChI=1S/C26H28FN7O4S/c1-4-39(36,37)34-19-10-7-17(11-21(19)38-14-16-5-8-18(27)9-6-16)24-23(25(28)35)26(33-32-24)31-22-13-29-20(12-30-22)15(2)3/h5-13,15,34H,4,14H2,1-3H3,(H2,28,35)(H2,30,31,32,33). The fourth-order valence-corrected chi connectivity index (χ4v) is 4.21. The number of amides is 1. The molecule has 0 saturated heterocycles. The number of nitrogens with one attached hydrogen (secondary N) is 3. The highest BCUT2D eigenvalue weighted by atomic mass is 32.2. The second kappa shape index (κ2) is 11.5. The number of hydrogen-bond donors (Lipinski definition) is 4. The van der Waals surface area contributed by atoms with Gasteiger partial charge >= 0.3 is 0 Å². The zero-order chi connectivity index (χ0) is 28.2. The van der Waals surface area contributed by atoms with Gasteiger partial charge in [0, 0.05) is 5.56 Å². The molecule has 0 aliphatic heterocycles. The van der Waals surface area contributed by atoms with E-state index in [1.54, 1.807) is 30.5 Å². The second-order valence-corrected chi connectivity index (χ2v) is 10.9. The molecule has 11 nitrogen and oxygen atoms in total. The van der Waals surface area contributed by atoms with E-state index in [2.05, 4.69) is 30.2 Å². The van der Waals surface area contributed by atoms with E-state index in [-0.39, 0.29) is 52.6 Å². The maximum Gasteiger partial charge on any atom is 0.254 e. The third-order valence-electron chi connectivity index (χ3n) is 5.74. The number of ether oxygens (including phenoxy) is 1. The van der Waals surface area contributed by atoms with Crippen molar-refractivity contribution >= 4 is 33.3 Å². The minimum Gasteiger partial charge on any atom is -0.487 e. The van der Waals surface area contributed by atoms with Crippen molar-refractivity contribution in [3.05, 3.63) is 77.5 Å². The molecule has 0 unspecified atom stereocenters. The number of benzene rings is 2. The van der Waals surface area contributed by atoms with Crippen molar-refractivity contribution in [2.24, 2.45) is 5.73 Å². The number of nitrogens with two attached hydrogens (primary N) is 1. The van der Waals surface area contributed by atoms with E-state index in [1.807, 2.05) is 13.8 Å². The van der Waals surface area contributed by atoms with Crippen LogP contribution in [0.5, 0.6) is 5.75 Å². The smallest absolute Gasteiger partial charge is 0.254 e. The van der Waals surface area contributed by atoms with Gasteiger partial charge in [0.05, 0.1) is 29.5 Å². The van der Waals surface area contributed by atoms with Gasteiger partial charge in [-0.25, -0.2) is 17.8 Å². The van der Waals surface area contributed by atoms with Crippen LogP contribution >= 0.6 is 0 Å². The van der Waals surface area contributed by atoms with Crippen LogP contribution in [0.4, 0.5) is 21.7 Å². The van der Waals surface area contributed by atoms with E-state index >= 15 is 0 Å². The SMILES string of the molecule is CCS(=O)(=O)Nc1ccc(-c2n[nH]c(Nc3cnc(C(C)C)cn3)c2C(N)=O)cc1OCc1ccc(F)cc1. The van der Waals surface area contributed by atoms with Gasteiger partial charge in [-0.3, -0.25) is 19.6 Å². The van der Waals surface area contributed by atoms with Crippen LogP contribution in [0, 0.1) is 5.82 Å². The van der Waals surface area contributed by atoms with Gasteiger partial charge in [0.15, 0.2) is 0 Å². The van der Waals surface area contributed by atoms with Crippen LogP contribution in [0.3, 0.4) is 0 Å². The number of sulfonamides is 1. The molecule has 1 amide bonds. The van der Waals surface area contributed by atoms with Crippen molar-refractivity contribution in [2.45, 2.75) is 33.3 Å². The molecule has 2 aromatic heterocycles. The van der Waals surface area contributed by atoms with Crippen molar-refractivity contribution < 1.29 is 22.3 Å². The van der Waals surface area contributed by atoms with E-state index in [0.29, 0.717) is 16.9 Å². The number of carbonyl (C=O) groups is 1. The van der Waals surface area contributed by atoms with Crippen LogP contribution in [0.15, 0.2) is 54.9 Å². The summed E-state index contributed by atoms with van der Waals surface area (Å²) in [5.41, 5.74) is 8.09. The van der Waals surface area contributed by atoms with Gasteiger partial charge < -0.3 is 15.8 Å². The third kappa shape index (κ3) is 6.68. The Kier molecular flexibility index (Phi) is 8.10. The van der Waals surface area contributed by atoms with Crippen molar-refractivity contribution in [3.8, 4) is 17.0 Å². The summed E-state index contributed by atoms with van der Waals surface area (Å²) in [6.07, 6.45) is 3.17. The Morgan fingerprint density at radius 1 is 1.13 bits per heavy atom. The molecular formula is C26H28FN7O4S. The Labute approximate surface area is 225 Å². The highest BCUT2D eigenvalue weighted by Gasteiger charge is 2.22. The normalized spacial score (nSPS) is 11.4. The summed E-state index contributed by atoms with van der Waals surface area (Å²) in [6, 6.07) is 10.3. The molecule has 4 rings (SSSR count). The Bertz CT molecular complexity index is 1570. The van der Waals surface area contributed by atoms with E-state index in [0.717, 1.165) is 5.69 Å². The van der Waals surface area contributed by atoms with Crippen LogP contribution in [-0.2, 0) is 16.6 Å². The largest absolute Gasteiger partial charge is 0.487 e. The topological polar surface area (TPSA) is 165 Å². The van der Waals surface area contributed by atoms with Gasteiger partial charge in [0.2, 0.25) is 10.0 Å². The maximum absolute atomic E-state index is 13.3. The summed E-state index contributed by atoms with van der Waals surface area (Å²) in [5, 5.41) is 10.0. The molecule has 0 bridgehead atoms. The lowest BCUT2D eigenvalue weighted by Crippen LogP contribution is -2.15. The summed E-state index contributed by atoms with van der Waals surface area (Å²) in [4.78, 5) is 21.1. The van der Waals surface area contributed by atoms with Gasteiger partial charge in [-0.05, 0) is 42.7 Å². The number of carbonyl (C=O) groups excluding carboxylic acids is 1. The van der Waals surface area contributed by atoms with Gasteiger partial charge in [0.1, 0.15) is 41.1 Å². The summed E-state index contributed by atoms with van der Waals surface area (Å²) in [5.74, 6) is -0.308. The summed E-state index contributed by atoms with van der Waals surface area (Å²) >= 11 is 0. The summed E-state index contributed by atoms with van der Waals surface area (Å²) in [6.45, 7) is 5.54. The first-order chi connectivity index (χ1) is 18.6. The van der Waals surface area contributed by atoms with Gasteiger partial charge in [-0.15, -0.1) is 0 Å². The monoisotopic (exact) mass is 553 g/mol. The van der Waals surface area contributed by atoms with Crippen molar-refractivity contribution in [3.63, 3.8) is 0 Å². The van der Waals surface area contributed by atoms with Gasteiger partial charge in [-0.2, -0.15) is 5.10 Å². The van der Waals surface area contributed by atoms with E-state index < -0.39 is 15.9 Å². The number of halogens is 1. The Balaban J connectivity index is 1.69. The lowest BCUT2D eigenvalue weighted by Gasteiger charge is -2.15. The van der Waals surface area contributed by atoms with Crippen LogP contribution in [-0.4, -0.2) is 40.2 Å². The molecule has 0 atom stereocenters. The molecule has 0 aliphatic rings. The quantitative estimate of drug-likeness (QED) is 0.213. The molecule has 0 aliphatic carbocycles. The molecule has 0 radical (unpaired) electrons. The highest BCUT2D eigenvalue weighted by molar-refractivity contribution is 7.92. The second-order valence-electron chi connectivity index (χ2n) is 8.92. The number of H-pyrrole nitrogens is 1. The molecular weight excluding hydrogens is 525 g/mol. The molecule has 39 heavy (non-hydrogen) atoms. The van der Waals surface area contributed by atoms with Gasteiger partial charge in [0.25, 0.3) is 5.91 Å². The molecule has 0 spiro atoms. The minimum absolute atomic E-state index is 0.0334. The summed E-state index contributed by atoms with van der Waals surface area (Å²) in [7, 11) is -3.62. The van der Waals surface area contributed by atoms with Crippen LogP contribution in [0.25, 0.3) is 11.3 Å². The lowest BCUT2D eigenvalue weighted by atomic mass is 10.1. The lowest BCUT2D eigenvalue weighted by molar-refractivity contribution is 0.100.